The first-order chi connectivity index (χ1) is 7.97. The number of carbonyl (C=O) groups excluding carboxylic acids is 1. The molecule has 2 heterocycles. The van der Waals surface area contributed by atoms with Gasteiger partial charge in [0, 0.05) is 30.1 Å². The van der Waals surface area contributed by atoms with Gasteiger partial charge in [-0.25, -0.2) is 0 Å². The fourth-order valence-corrected chi connectivity index (χ4v) is 2.23. The summed E-state index contributed by atoms with van der Waals surface area (Å²) in [4.78, 5) is 13.5. The molecule has 1 amide bonds. The average molecular weight is 235 g/mol. The molecule has 5 heteroatoms. The van der Waals surface area contributed by atoms with Crippen LogP contribution < -0.4 is 5.32 Å². The van der Waals surface area contributed by atoms with Crippen molar-refractivity contribution in [2.75, 3.05) is 26.3 Å². The van der Waals surface area contributed by atoms with E-state index in [0.717, 1.165) is 26.3 Å². The van der Waals surface area contributed by atoms with Crippen molar-refractivity contribution in [1.29, 1.82) is 5.26 Å². The third-order valence-electron chi connectivity index (χ3n) is 3.51. The van der Waals surface area contributed by atoms with Gasteiger partial charge in [-0.1, -0.05) is 6.08 Å². The van der Waals surface area contributed by atoms with Crippen molar-refractivity contribution in [3.8, 4) is 6.19 Å². The van der Waals surface area contributed by atoms with Crippen LogP contribution >= 0.6 is 0 Å². The molecule has 1 spiro atoms. The van der Waals surface area contributed by atoms with Gasteiger partial charge in [0.1, 0.15) is 0 Å². The molecule has 2 saturated heterocycles. The minimum Gasteiger partial charge on any atom is -0.380 e. The maximum Gasteiger partial charge on any atom is 0.256 e. The zero-order valence-corrected chi connectivity index (χ0v) is 10.2. The number of ether oxygens (including phenoxy) is 1. The summed E-state index contributed by atoms with van der Waals surface area (Å²) in [6.45, 7) is 7.88. The molecular formula is C12H17N3O2. The number of hydrogen-bond acceptors (Lipinski definition) is 4. The van der Waals surface area contributed by atoms with Crippen LogP contribution in [-0.2, 0) is 9.53 Å². The first-order valence-corrected chi connectivity index (χ1v) is 5.69. The second-order valence-electron chi connectivity index (χ2n) is 5.44. The number of amides is 1. The Kier molecular flexibility index (Phi) is 2.94. The summed E-state index contributed by atoms with van der Waals surface area (Å²) in [5.41, 5.74) is 0.216. The molecule has 0 saturated carbocycles. The van der Waals surface area contributed by atoms with E-state index in [1.807, 2.05) is 6.08 Å². The minimum absolute atomic E-state index is 0.159. The van der Waals surface area contributed by atoms with Crippen LogP contribution in [0.5, 0.6) is 0 Å². The van der Waals surface area contributed by atoms with Gasteiger partial charge in [0.2, 0.25) is 0 Å². The van der Waals surface area contributed by atoms with Crippen LogP contribution in [0.25, 0.3) is 0 Å². The van der Waals surface area contributed by atoms with Crippen LogP contribution in [0.3, 0.4) is 0 Å². The predicted octanol–water partition coefficient (Wildman–Crippen LogP) is 0.251. The van der Waals surface area contributed by atoms with E-state index in [0.29, 0.717) is 5.41 Å². The highest BCUT2D eigenvalue weighted by molar-refractivity contribution is 5.88. The lowest BCUT2D eigenvalue weighted by molar-refractivity contribution is -0.203. The van der Waals surface area contributed by atoms with Crippen molar-refractivity contribution >= 4 is 5.91 Å². The molecule has 0 atom stereocenters. The molecule has 17 heavy (non-hydrogen) atoms. The molecule has 2 rings (SSSR count). The molecule has 0 aromatic carbocycles. The third-order valence-corrected chi connectivity index (χ3v) is 3.51. The summed E-state index contributed by atoms with van der Waals surface area (Å²) in [5, 5.41) is 10.4. The largest absolute Gasteiger partial charge is 0.380 e. The number of rotatable bonds is 3. The summed E-state index contributed by atoms with van der Waals surface area (Å²) in [7, 11) is 0. The van der Waals surface area contributed by atoms with Crippen molar-refractivity contribution in [3.05, 3.63) is 12.2 Å². The summed E-state index contributed by atoms with van der Waals surface area (Å²) in [6, 6.07) is 0. The Morgan fingerprint density at radius 2 is 2.18 bits per heavy atom. The van der Waals surface area contributed by atoms with Gasteiger partial charge in [0.15, 0.2) is 6.19 Å². The van der Waals surface area contributed by atoms with Crippen molar-refractivity contribution < 1.29 is 9.53 Å². The quantitative estimate of drug-likeness (QED) is 0.432. The Morgan fingerprint density at radius 3 is 2.65 bits per heavy atom. The Labute approximate surface area is 101 Å². The van der Waals surface area contributed by atoms with Crippen LogP contribution in [0.2, 0.25) is 0 Å². The van der Waals surface area contributed by atoms with Crippen molar-refractivity contribution in [1.82, 2.24) is 10.2 Å². The summed E-state index contributed by atoms with van der Waals surface area (Å²) < 4.78 is 5.23. The Balaban J connectivity index is 1.87. The first-order valence-electron chi connectivity index (χ1n) is 5.69. The van der Waals surface area contributed by atoms with Gasteiger partial charge in [0.05, 0.1) is 13.2 Å². The molecule has 0 aromatic rings. The number of likely N-dealkylation sites (tertiary alicyclic amines) is 1. The first kappa shape index (κ1) is 12.1. The summed E-state index contributed by atoms with van der Waals surface area (Å²) in [5.74, 6) is -0.372. The zero-order valence-electron chi connectivity index (χ0n) is 10.2. The monoisotopic (exact) mass is 235 g/mol. The molecular weight excluding hydrogens is 218 g/mol. The smallest absolute Gasteiger partial charge is 0.256 e. The average Bonchev–Trinajstić information content (AvgIpc) is 2.10. The van der Waals surface area contributed by atoms with Crippen molar-refractivity contribution in [2.45, 2.75) is 19.4 Å². The molecule has 5 nitrogen and oxygen atoms in total. The number of carbonyl (C=O) groups is 1. The van der Waals surface area contributed by atoms with E-state index < -0.39 is 0 Å². The van der Waals surface area contributed by atoms with Crippen LogP contribution in [-0.4, -0.2) is 42.6 Å². The fourth-order valence-electron chi connectivity index (χ4n) is 2.23. The Hall–Kier alpha value is -1.38. The van der Waals surface area contributed by atoms with Crippen LogP contribution in [0.15, 0.2) is 12.2 Å². The molecule has 2 fully saturated rings. The maximum absolute atomic E-state index is 11.2. The van der Waals surface area contributed by atoms with Gasteiger partial charge in [-0.15, -0.1) is 0 Å². The number of nitrogens with one attached hydrogen (secondary N) is 1. The number of nitrogens with zero attached hydrogens (tertiary/aromatic N) is 2. The molecule has 92 valence electrons. The van der Waals surface area contributed by atoms with Crippen LogP contribution in [0.4, 0.5) is 0 Å². The van der Waals surface area contributed by atoms with Crippen molar-refractivity contribution in [2.24, 2.45) is 5.41 Å². The topological polar surface area (TPSA) is 65.4 Å². The van der Waals surface area contributed by atoms with Gasteiger partial charge in [-0.2, -0.15) is 5.26 Å². The van der Waals surface area contributed by atoms with Crippen molar-refractivity contribution in [3.63, 3.8) is 0 Å². The SMILES string of the molecule is CC(C)(C=CC(=O)NC#N)N1CC2(COC2)C1. The maximum atomic E-state index is 11.2. The molecule has 0 aliphatic carbocycles. The molecule has 0 radical (unpaired) electrons. The minimum atomic E-state index is -0.372. The van der Waals surface area contributed by atoms with E-state index in [1.165, 1.54) is 6.08 Å². The highest BCUT2D eigenvalue weighted by atomic mass is 16.5. The molecule has 0 aromatic heterocycles. The second-order valence-corrected chi connectivity index (χ2v) is 5.44. The number of nitriles is 1. The highest BCUT2D eigenvalue weighted by Crippen LogP contribution is 2.41. The molecule has 0 unspecified atom stereocenters. The summed E-state index contributed by atoms with van der Waals surface area (Å²) >= 11 is 0. The third kappa shape index (κ3) is 2.33. The lowest BCUT2D eigenvalue weighted by Crippen LogP contribution is -2.70. The van der Waals surface area contributed by atoms with Gasteiger partial charge in [-0.3, -0.25) is 15.0 Å². The Bertz CT molecular complexity index is 383. The highest BCUT2D eigenvalue weighted by Gasteiger charge is 2.52. The zero-order chi connectivity index (χ0) is 12.5. The predicted molar refractivity (Wildman–Crippen MR) is 61.8 cm³/mol. The molecule has 2 aliphatic rings. The van der Waals surface area contributed by atoms with Gasteiger partial charge < -0.3 is 4.74 Å². The van der Waals surface area contributed by atoms with Gasteiger partial charge >= 0.3 is 0 Å². The Morgan fingerprint density at radius 1 is 1.53 bits per heavy atom. The standard InChI is InChI=1S/C12H17N3O2/c1-11(2,4-3-10(16)14-9-13)15-5-12(6-15)7-17-8-12/h3-4H,5-8H2,1-2H3,(H,14,16). The van der Waals surface area contributed by atoms with Gasteiger partial charge in [0.25, 0.3) is 5.91 Å². The van der Waals surface area contributed by atoms with Gasteiger partial charge in [-0.05, 0) is 13.8 Å². The molecule has 0 bridgehead atoms. The lowest BCUT2D eigenvalue weighted by Gasteiger charge is -2.59. The fraction of sp³-hybridized carbons (Fsp3) is 0.667. The van der Waals surface area contributed by atoms with Crippen LogP contribution in [0.1, 0.15) is 13.8 Å². The van der Waals surface area contributed by atoms with E-state index >= 15 is 0 Å². The van der Waals surface area contributed by atoms with E-state index in [-0.39, 0.29) is 11.4 Å². The van der Waals surface area contributed by atoms with E-state index in [9.17, 15) is 4.79 Å². The second kappa shape index (κ2) is 4.13. The van der Waals surface area contributed by atoms with Crippen LogP contribution in [0, 0.1) is 16.9 Å². The summed E-state index contributed by atoms with van der Waals surface area (Å²) in [6.07, 6.45) is 4.87. The van der Waals surface area contributed by atoms with E-state index in [1.54, 1.807) is 6.19 Å². The normalized spacial score (nSPS) is 22.9. The molecule has 2 aliphatic heterocycles. The lowest BCUT2D eigenvalue weighted by atomic mass is 9.75. The van der Waals surface area contributed by atoms with E-state index in [2.05, 4.69) is 24.1 Å². The molecule has 1 N–H and O–H groups in total. The van der Waals surface area contributed by atoms with E-state index in [4.69, 9.17) is 10.00 Å². The number of hydrogen-bond donors (Lipinski definition) is 1.